The molecule has 0 radical (unpaired) electrons. The average molecular weight is 294 g/mol. The number of aliphatic hydroxyl groups excluding tert-OH is 1. The number of fused-ring (bicyclic) bond motifs is 1. The Morgan fingerprint density at radius 1 is 1.38 bits per heavy atom. The van der Waals surface area contributed by atoms with E-state index in [1.165, 1.54) is 0 Å². The van der Waals surface area contributed by atoms with Gasteiger partial charge < -0.3 is 25.6 Å². The Balaban J connectivity index is 1.98. The second-order valence-corrected chi connectivity index (χ2v) is 6.42. The SMILES string of the molecule is CC(C)(C)CC(O)CNC(=O)c1cc2c(cc1N)OCO2. The van der Waals surface area contributed by atoms with Crippen molar-refractivity contribution in [3.8, 4) is 11.5 Å². The fourth-order valence-corrected chi connectivity index (χ4v) is 2.24. The van der Waals surface area contributed by atoms with E-state index in [9.17, 15) is 9.90 Å². The molecule has 0 aromatic heterocycles. The van der Waals surface area contributed by atoms with Crippen molar-refractivity contribution in [3.05, 3.63) is 17.7 Å². The number of hydrogen-bond acceptors (Lipinski definition) is 5. The Hall–Kier alpha value is -1.95. The van der Waals surface area contributed by atoms with E-state index in [0.717, 1.165) is 0 Å². The molecule has 1 aromatic carbocycles. The number of anilines is 1. The highest BCUT2D eigenvalue weighted by molar-refractivity contribution is 6.00. The molecule has 2 rings (SSSR count). The van der Waals surface area contributed by atoms with Crippen molar-refractivity contribution in [2.75, 3.05) is 19.1 Å². The van der Waals surface area contributed by atoms with Crippen LogP contribution in [0.3, 0.4) is 0 Å². The molecule has 0 bridgehead atoms. The van der Waals surface area contributed by atoms with Gasteiger partial charge in [0.2, 0.25) is 6.79 Å². The molecule has 1 unspecified atom stereocenters. The number of carbonyl (C=O) groups excluding carboxylic acids is 1. The van der Waals surface area contributed by atoms with E-state index in [2.05, 4.69) is 5.32 Å². The van der Waals surface area contributed by atoms with Gasteiger partial charge in [-0.2, -0.15) is 0 Å². The Kier molecular flexibility index (Phi) is 4.27. The molecule has 0 fully saturated rings. The van der Waals surface area contributed by atoms with E-state index in [0.29, 0.717) is 29.2 Å². The van der Waals surface area contributed by atoms with Gasteiger partial charge in [0, 0.05) is 18.3 Å². The van der Waals surface area contributed by atoms with Gasteiger partial charge in [-0.1, -0.05) is 20.8 Å². The number of nitrogens with two attached hydrogens (primary N) is 1. The molecule has 0 aliphatic carbocycles. The molecule has 6 heteroatoms. The summed E-state index contributed by atoms with van der Waals surface area (Å²) in [5.41, 5.74) is 6.49. The van der Waals surface area contributed by atoms with E-state index in [-0.39, 0.29) is 24.7 Å². The van der Waals surface area contributed by atoms with Crippen LogP contribution < -0.4 is 20.5 Å². The van der Waals surface area contributed by atoms with Crippen LogP contribution in [0.4, 0.5) is 5.69 Å². The van der Waals surface area contributed by atoms with Gasteiger partial charge in [0.1, 0.15) is 0 Å². The number of aliphatic hydroxyl groups is 1. The van der Waals surface area contributed by atoms with Crippen molar-refractivity contribution in [2.24, 2.45) is 5.41 Å². The molecular weight excluding hydrogens is 272 g/mol. The predicted octanol–water partition coefficient (Wildman–Crippen LogP) is 1.52. The summed E-state index contributed by atoms with van der Waals surface area (Å²) in [6, 6.07) is 3.13. The van der Waals surface area contributed by atoms with Gasteiger partial charge in [-0.3, -0.25) is 4.79 Å². The standard InChI is InChI=1S/C15H22N2O4/c1-15(2,3)6-9(18)7-17-14(19)10-4-12-13(5-11(10)16)21-8-20-12/h4-5,9,18H,6-8,16H2,1-3H3,(H,17,19). The third kappa shape index (κ3) is 4.01. The fourth-order valence-electron chi connectivity index (χ4n) is 2.24. The summed E-state index contributed by atoms with van der Waals surface area (Å²) in [5.74, 6) is 0.708. The summed E-state index contributed by atoms with van der Waals surface area (Å²) in [5, 5.41) is 12.6. The van der Waals surface area contributed by atoms with Crippen LogP contribution in [-0.4, -0.2) is 30.5 Å². The van der Waals surface area contributed by atoms with Gasteiger partial charge >= 0.3 is 0 Å². The third-order valence-electron chi connectivity index (χ3n) is 3.14. The molecule has 6 nitrogen and oxygen atoms in total. The summed E-state index contributed by atoms with van der Waals surface area (Å²) in [6.07, 6.45) is 0.00775. The number of benzene rings is 1. The van der Waals surface area contributed by atoms with Gasteiger partial charge in [0.05, 0.1) is 11.7 Å². The van der Waals surface area contributed by atoms with Crippen molar-refractivity contribution < 1.29 is 19.4 Å². The first-order valence-electron chi connectivity index (χ1n) is 6.91. The highest BCUT2D eigenvalue weighted by Gasteiger charge is 2.21. The van der Waals surface area contributed by atoms with Crippen molar-refractivity contribution in [3.63, 3.8) is 0 Å². The fraction of sp³-hybridized carbons (Fsp3) is 0.533. The van der Waals surface area contributed by atoms with Crippen LogP contribution in [0.5, 0.6) is 11.5 Å². The average Bonchev–Trinajstić information content (AvgIpc) is 2.79. The molecule has 0 saturated carbocycles. The maximum atomic E-state index is 12.1. The number of nitrogen functional groups attached to an aromatic ring is 1. The van der Waals surface area contributed by atoms with E-state index >= 15 is 0 Å². The van der Waals surface area contributed by atoms with E-state index in [1.807, 2.05) is 20.8 Å². The van der Waals surface area contributed by atoms with Crippen LogP contribution in [0.25, 0.3) is 0 Å². The maximum absolute atomic E-state index is 12.1. The van der Waals surface area contributed by atoms with Gasteiger partial charge in [-0.05, 0) is 17.9 Å². The van der Waals surface area contributed by atoms with Crippen LogP contribution in [0.1, 0.15) is 37.6 Å². The first-order valence-corrected chi connectivity index (χ1v) is 6.91. The zero-order chi connectivity index (χ0) is 15.6. The molecule has 1 amide bonds. The van der Waals surface area contributed by atoms with Crippen LogP contribution in [0.15, 0.2) is 12.1 Å². The van der Waals surface area contributed by atoms with Crippen LogP contribution in [-0.2, 0) is 0 Å². The Morgan fingerprint density at radius 3 is 2.62 bits per heavy atom. The molecule has 1 aliphatic heterocycles. The molecule has 1 atom stereocenters. The molecular formula is C15H22N2O4. The quantitative estimate of drug-likeness (QED) is 0.732. The summed E-state index contributed by atoms with van der Waals surface area (Å²) in [4.78, 5) is 12.1. The summed E-state index contributed by atoms with van der Waals surface area (Å²) in [7, 11) is 0. The van der Waals surface area contributed by atoms with Crippen molar-refractivity contribution in [2.45, 2.75) is 33.3 Å². The number of amides is 1. The van der Waals surface area contributed by atoms with E-state index in [1.54, 1.807) is 12.1 Å². The van der Waals surface area contributed by atoms with E-state index < -0.39 is 6.10 Å². The normalized spacial score (nSPS) is 14.9. The first kappa shape index (κ1) is 15.4. The molecule has 1 heterocycles. The van der Waals surface area contributed by atoms with Crippen LogP contribution in [0, 0.1) is 5.41 Å². The Morgan fingerprint density at radius 2 is 2.00 bits per heavy atom. The zero-order valence-corrected chi connectivity index (χ0v) is 12.6. The largest absolute Gasteiger partial charge is 0.454 e. The highest BCUT2D eigenvalue weighted by atomic mass is 16.7. The minimum atomic E-state index is -0.593. The summed E-state index contributed by atoms with van der Waals surface area (Å²) in [6.45, 7) is 6.42. The number of ether oxygens (including phenoxy) is 2. The van der Waals surface area contributed by atoms with Gasteiger partial charge in [0.25, 0.3) is 5.91 Å². The Bertz CT molecular complexity index is 537. The third-order valence-corrected chi connectivity index (χ3v) is 3.14. The zero-order valence-electron chi connectivity index (χ0n) is 12.6. The van der Waals surface area contributed by atoms with Crippen molar-refractivity contribution in [1.82, 2.24) is 5.32 Å². The molecule has 1 aromatic rings. The summed E-state index contributed by atoms with van der Waals surface area (Å²) >= 11 is 0. The van der Waals surface area contributed by atoms with Crippen molar-refractivity contribution in [1.29, 1.82) is 0 Å². The lowest BCUT2D eigenvalue weighted by molar-refractivity contribution is 0.0869. The monoisotopic (exact) mass is 294 g/mol. The lowest BCUT2D eigenvalue weighted by Gasteiger charge is -2.22. The molecule has 116 valence electrons. The van der Waals surface area contributed by atoms with Crippen LogP contribution >= 0.6 is 0 Å². The summed E-state index contributed by atoms with van der Waals surface area (Å²) < 4.78 is 10.4. The Labute approximate surface area is 124 Å². The molecule has 0 spiro atoms. The second-order valence-electron chi connectivity index (χ2n) is 6.42. The minimum absolute atomic E-state index is 0.00191. The second kappa shape index (κ2) is 5.81. The smallest absolute Gasteiger partial charge is 0.253 e. The molecule has 1 aliphatic rings. The number of hydrogen-bond donors (Lipinski definition) is 3. The number of carbonyl (C=O) groups is 1. The topological polar surface area (TPSA) is 93.8 Å². The van der Waals surface area contributed by atoms with Gasteiger partial charge in [-0.25, -0.2) is 0 Å². The van der Waals surface area contributed by atoms with Gasteiger partial charge in [0.15, 0.2) is 11.5 Å². The first-order chi connectivity index (χ1) is 9.76. The lowest BCUT2D eigenvalue weighted by atomic mass is 9.89. The molecule has 21 heavy (non-hydrogen) atoms. The highest BCUT2D eigenvalue weighted by Crippen LogP contribution is 2.35. The minimum Gasteiger partial charge on any atom is -0.454 e. The van der Waals surface area contributed by atoms with E-state index in [4.69, 9.17) is 15.2 Å². The predicted molar refractivity (Wildman–Crippen MR) is 79.4 cm³/mol. The maximum Gasteiger partial charge on any atom is 0.253 e. The lowest BCUT2D eigenvalue weighted by Crippen LogP contribution is -2.34. The number of nitrogens with one attached hydrogen (secondary N) is 1. The molecule has 0 saturated heterocycles. The molecule has 4 N–H and O–H groups in total. The number of rotatable bonds is 4. The van der Waals surface area contributed by atoms with Crippen molar-refractivity contribution >= 4 is 11.6 Å². The van der Waals surface area contributed by atoms with Gasteiger partial charge in [-0.15, -0.1) is 0 Å². The van der Waals surface area contributed by atoms with Crippen LogP contribution in [0.2, 0.25) is 0 Å².